The average molecular weight is 414 g/mol. The lowest BCUT2D eigenvalue weighted by atomic mass is 9.94. The van der Waals surface area contributed by atoms with Crippen LogP contribution in [-0.2, 0) is 21.7 Å². The van der Waals surface area contributed by atoms with E-state index in [2.05, 4.69) is 10.3 Å². The van der Waals surface area contributed by atoms with E-state index in [1.165, 1.54) is 23.5 Å². The van der Waals surface area contributed by atoms with Crippen LogP contribution in [0.3, 0.4) is 0 Å². The van der Waals surface area contributed by atoms with E-state index in [1.807, 2.05) is 25.5 Å². The van der Waals surface area contributed by atoms with E-state index in [4.69, 9.17) is 4.55 Å². The van der Waals surface area contributed by atoms with Crippen LogP contribution in [0, 0.1) is 5.41 Å². The molecule has 0 aliphatic heterocycles. The molecule has 0 unspecified atom stereocenters. The number of nitrogens with zero attached hydrogens (tertiary/aromatic N) is 1. The highest BCUT2D eigenvalue weighted by atomic mass is 32.2. The Morgan fingerprint density at radius 3 is 2.37 bits per heavy atom. The molecule has 1 atom stereocenters. The summed E-state index contributed by atoms with van der Waals surface area (Å²) >= 11 is 1.38. The van der Waals surface area contributed by atoms with Crippen LogP contribution < -0.4 is 10.0 Å². The maximum atomic E-state index is 12.2. The van der Waals surface area contributed by atoms with E-state index < -0.39 is 15.7 Å². The van der Waals surface area contributed by atoms with Gasteiger partial charge >= 0.3 is 10.3 Å². The summed E-state index contributed by atoms with van der Waals surface area (Å²) in [5.41, 5.74) is 1.04. The molecule has 1 heterocycles. The molecule has 0 bridgehead atoms. The van der Waals surface area contributed by atoms with E-state index in [0.29, 0.717) is 12.2 Å². The fraction of sp³-hybridized carbons (Fsp3) is 0.412. The minimum atomic E-state index is -4.35. The van der Waals surface area contributed by atoms with Gasteiger partial charge in [0.05, 0.1) is 23.9 Å². The second kappa shape index (κ2) is 8.34. The van der Waals surface area contributed by atoms with Crippen LogP contribution >= 0.6 is 11.3 Å². The van der Waals surface area contributed by atoms with Crippen LogP contribution in [0.1, 0.15) is 43.0 Å². The summed E-state index contributed by atoms with van der Waals surface area (Å²) in [5.74, 6) is -0.363. The lowest BCUT2D eigenvalue weighted by molar-refractivity contribution is -0.128. The number of aromatic nitrogens is 1. The average Bonchev–Trinajstić information content (AvgIpc) is 3.03. The summed E-state index contributed by atoms with van der Waals surface area (Å²) < 4.78 is 32.7. The van der Waals surface area contributed by atoms with Gasteiger partial charge in [0.2, 0.25) is 5.91 Å². The molecule has 0 fully saturated rings. The molecule has 27 heavy (non-hydrogen) atoms. The number of amides is 1. The molecule has 1 aromatic heterocycles. The van der Waals surface area contributed by atoms with Gasteiger partial charge in [-0.25, -0.2) is 4.98 Å². The molecule has 2 rings (SSSR count). The molecule has 4 N–H and O–H groups in total. The van der Waals surface area contributed by atoms with Crippen molar-refractivity contribution < 1.29 is 22.9 Å². The Kier molecular flexibility index (Phi) is 6.58. The molecule has 8 nitrogen and oxygen atoms in total. The number of thiazole rings is 1. The van der Waals surface area contributed by atoms with Gasteiger partial charge in [0.15, 0.2) is 0 Å². The van der Waals surface area contributed by atoms with E-state index in [0.717, 1.165) is 10.6 Å². The minimum absolute atomic E-state index is 0.101. The third-order valence-corrected chi connectivity index (χ3v) is 5.24. The first-order valence-corrected chi connectivity index (χ1v) is 10.5. The molecule has 0 spiro atoms. The lowest BCUT2D eigenvalue weighted by Gasteiger charge is -2.21. The first kappa shape index (κ1) is 21.3. The molecule has 2 aromatic rings. The second-order valence-corrected chi connectivity index (χ2v) is 9.09. The van der Waals surface area contributed by atoms with Crippen LogP contribution in [0.25, 0.3) is 0 Å². The fourth-order valence-corrected chi connectivity index (χ4v) is 3.67. The van der Waals surface area contributed by atoms with E-state index >= 15 is 0 Å². The molecular formula is C17H23N3O5S2. The van der Waals surface area contributed by atoms with Crippen LogP contribution in [0.15, 0.2) is 29.6 Å². The summed E-state index contributed by atoms with van der Waals surface area (Å²) in [4.78, 5) is 16.6. The number of aliphatic hydroxyl groups is 1. The number of hydrogen-bond acceptors (Lipinski definition) is 6. The topological polar surface area (TPSA) is 129 Å². The van der Waals surface area contributed by atoms with Crippen molar-refractivity contribution >= 4 is 33.2 Å². The quantitative estimate of drug-likeness (QED) is 0.515. The molecule has 148 valence electrons. The van der Waals surface area contributed by atoms with Gasteiger partial charge in [-0.15, -0.1) is 11.3 Å². The zero-order valence-electron chi connectivity index (χ0n) is 15.3. The Bertz CT molecular complexity index is 886. The van der Waals surface area contributed by atoms with Gasteiger partial charge in [-0.2, -0.15) is 8.42 Å². The highest BCUT2D eigenvalue weighted by Gasteiger charge is 2.24. The van der Waals surface area contributed by atoms with Crippen LogP contribution in [-0.4, -0.2) is 35.5 Å². The molecule has 0 saturated heterocycles. The van der Waals surface area contributed by atoms with Crippen molar-refractivity contribution in [1.82, 2.24) is 10.3 Å². The standard InChI is InChI=1S/C17H23N3O5S2/c1-17(2,3)16(22)18-8-14(15-19-13(9-21)10-26-15)11-4-6-12(7-5-11)20-27(23,24)25/h4-7,10,14,20-21H,8-9H2,1-3H3,(H,18,22)(H,23,24,25)/t14-/m1/s1. The molecule has 0 radical (unpaired) electrons. The molecule has 0 saturated carbocycles. The third kappa shape index (κ3) is 6.28. The van der Waals surface area contributed by atoms with Gasteiger partial charge in [0.1, 0.15) is 5.01 Å². The lowest BCUT2D eigenvalue weighted by Crippen LogP contribution is -2.37. The van der Waals surface area contributed by atoms with Crippen molar-refractivity contribution in [3.63, 3.8) is 0 Å². The first-order chi connectivity index (χ1) is 12.5. The molecule has 0 aliphatic rings. The Balaban J connectivity index is 2.27. The SMILES string of the molecule is CC(C)(C)C(=O)NC[C@H](c1ccc(NS(=O)(=O)O)cc1)c1nc(CO)cs1. The maximum absolute atomic E-state index is 12.2. The van der Waals surface area contributed by atoms with Gasteiger partial charge in [-0.05, 0) is 17.7 Å². The Morgan fingerprint density at radius 2 is 1.89 bits per heavy atom. The predicted octanol–water partition coefficient (Wildman–Crippen LogP) is 2.14. The zero-order chi connectivity index (χ0) is 20.2. The van der Waals surface area contributed by atoms with Gasteiger partial charge in [-0.1, -0.05) is 32.9 Å². The van der Waals surface area contributed by atoms with Crippen molar-refractivity contribution in [1.29, 1.82) is 0 Å². The number of carbonyl (C=O) groups excluding carboxylic acids is 1. The van der Waals surface area contributed by atoms with E-state index in [9.17, 15) is 18.3 Å². The number of anilines is 1. The molecule has 1 aromatic carbocycles. The number of nitrogens with one attached hydrogen (secondary N) is 2. The second-order valence-electron chi connectivity index (χ2n) is 7.05. The smallest absolute Gasteiger partial charge is 0.357 e. The summed E-state index contributed by atoms with van der Waals surface area (Å²) in [6, 6.07) is 6.42. The third-order valence-electron chi connectivity index (χ3n) is 3.74. The van der Waals surface area contributed by atoms with Crippen LogP contribution in [0.4, 0.5) is 5.69 Å². The first-order valence-electron chi connectivity index (χ1n) is 8.18. The Labute approximate surface area is 162 Å². The molecule has 0 aliphatic carbocycles. The largest absolute Gasteiger partial charge is 0.390 e. The maximum Gasteiger partial charge on any atom is 0.357 e. The van der Waals surface area contributed by atoms with Crippen molar-refractivity contribution in [3.8, 4) is 0 Å². The highest BCUT2D eigenvalue weighted by molar-refractivity contribution is 7.87. The van der Waals surface area contributed by atoms with Crippen LogP contribution in [0.2, 0.25) is 0 Å². The summed E-state index contributed by atoms with van der Waals surface area (Å²) in [6.45, 7) is 5.59. The number of rotatable bonds is 7. The van der Waals surface area contributed by atoms with E-state index in [1.54, 1.807) is 17.5 Å². The Morgan fingerprint density at radius 1 is 1.26 bits per heavy atom. The highest BCUT2D eigenvalue weighted by Crippen LogP contribution is 2.28. The normalized spacial score (nSPS) is 13.2. The molecule has 1 amide bonds. The summed E-state index contributed by atoms with van der Waals surface area (Å²) in [6.07, 6.45) is 0. The fourth-order valence-electron chi connectivity index (χ4n) is 2.30. The molecule has 10 heteroatoms. The van der Waals surface area contributed by atoms with E-state index in [-0.39, 0.29) is 24.1 Å². The minimum Gasteiger partial charge on any atom is -0.390 e. The number of carbonyl (C=O) groups is 1. The van der Waals surface area contributed by atoms with Crippen molar-refractivity contribution in [3.05, 3.63) is 45.9 Å². The summed E-state index contributed by atoms with van der Waals surface area (Å²) in [7, 11) is -4.35. The number of aliphatic hydroxyl groups excluding tert-OH is 1. The van der Waals surface area contributed by atoms with Gasteiger partial charge in [0.25, 0.3) is 0 Å². The zero-order valence-corrected chi connectivity index (χ0v) is 16.9. The Hall–Kier alpha value is -2.01. The van der Waals surface area contributed by atoms with Gasteiger partial charge in [0, 0.05) is 17.3 Å². The van der Waals surface area contributed by atoms with Gasteiger partial charge < -0.3 is 10.4 Å². The van der Waals surface area contributed by atoms with Crippen LogP contribution in [0.5, 0.6) is 0 Å². The predicted molar refractivity (Wildman–Crippen MR) is 104 cm³/mol. The molecular weight excluding hydrogens is 390 g/mol. The number of hydrogen-bond donors (Lipinski definition) is 4. The van der Waals surface area contributed by atoms with Crippen molar-refractivity contribution in [2.75, 3.05) is 11.3 Å². The van der Waals surface area contributed by atoms with Gasteiger partial charge in [-0.3, -0.25) is 14.1 Å². The number of benzene rings is 1. The summed E-state index contributed by atoms with van der Waals surface area (Å²) in [5, 5.41) is 14.6. The monoisotopic (exact) mass is 413 g/mol. The van der Waals surface area contributed by atoms with Crippen molar-refractivity contribution in [2.45, 2.75) is 33.3 Å². The van der Waals surface area contributed by atoms with Crippen molar-refractivity contribution in [2.24, 2.45) is 5.41 Å².